The first-order valence-electron chi connectivity index (χ1n) is 12.9. The van der Waals surface area contributed by atoms with Crippen molar-refractivity contribution in [1.29, 1.82) is 0 Å². The van der Waals surface area contributed by atoms with Gasteiger partial charge in [0.05, 0.1) is 6.16 Å². The molecule has 3 aromatic rings. The molecule has 0 radical (unpaired) electrons. The maximum absolute atomic E-state index is 2.37. The monoisotopic (exact) mass is 524 g/mol. The molecule has 0 heterocycles. The molecular weight excluding hydrogens is 483 g/mol. The fraction of sp³-hybridized carbons (Fsp3) is 0.419. The molecule has 178 valence electrons. The van der Waals surface area contributed by atoms with Crippen molar-refractivity contribution in [3.8, 4) is 0 Å². The molecule has 0 aromatic heterocycles. The summed E-state index contributed by atoms with van der Waals surface area (Å²) in [5.74, 6) is 0. The van der Waals surface area contributed by atoms with E-state index in [4.69, 9.17) is 0 Å². The Bertz CT molecular complexity index is 751. The van der Waals surface area contributed by atoms with E-state index in [-0.39, 0.29) is 17.0 Å². The van der Waals surface area contributed by atoms with Gasteiger partial charge < -0.3 is 17.0 Å². The molecule has 0 bridgehead atoms. The molecule has 0 saturated carbocycles. The van der Waals surface area contributed by atoms with Gasteiger partial charge in [0, 0.05) is 0 Å². The summed E-state index contributed by atoms with van der Waals surface area (Å²) >= 11 is 0. The summed E-state index contributed by atoms with van der Waals surface area (Å²) in [6, 6.07) is 34.0. The van der Waals surface area contributed by atoms with Gasteiger partial charge in [-0.05, 0) is 49.2 Å². The first-order valence-corrected chi connectivity index (χ1v) is 14.9. The summed E-state index contributed by atoms with van der Waals surface area (Å²) in [7, 11) is -1.63. The molecule has 0 atom stereocenters. The van der Waals surface area contributed by atoms with Crippen molar-refractivity contribution in [2.45, 2.75) is 77.6 Å². The van der Waals surface area contributed by atoms with Crippen LogP contribution in [0.5, 0.6) is 0 Å². The van der Waals surface area contributed by atoms with Crippen molar-refractivity contribution in [2.75, 3.05) is 6.16 Å². The summed E-state index contributed by atoms with van der Waals surface area (Å²) in [6.07, 6.45) is 16.6. The maximum atomic E-state index is 2.37. The smallest absolute Gasteiger partial charge is 0.112 e. The highest BCUT2D eigenvalue weighted by molar-refractivity contribution is 7.95. The van der Waals surface area contributed by atoms with E-state index in [1.54, 1.807) is 0 Å². The minimum absolute atomic E-state index is 0. The lowest BCUT2D eigenvalue weighted by Crippen LogP contribution is -3.00. The minimum Gasteiger partial charge on any atom is -1.00 e. The van der Waals surface area contributed by atoms with Crippen molar-refractivity contribution >= 4 is 23.2 Å². The lowest BCUT2D eigenvalue weighted by atomic mass is 10.1. The Labute approximate surface area is 214 Å². The lowest BCUT2D eigenvalue weighted by Gasteiger charge is -2.27. The van der Waals surface area contributed by atoms with Crippen LogP contribution >= 0.6 is 7.26 Å². The van der Waals surface area contributed by atoms with Crippen LogP contribution in [-0.2, 0) is 0 Å². The molecule has 0 unspecified atom stereocenters. The maximum Gasteiger partial charge on any atom is 0.112 e. The van der Waals surface area contributed by atoms with Gasteiger partial charge in [0.1, 0.15) is 23.2 Å². The number of halogens is 1. The molecular formula is C31H42BrP. The van der Waals surface area contributed by atoms with E-state index in [1.807, 2.05) is 0 Å². The Morgan fingerprint density at radius 2 is 0.727 bits per heavy atom. The number of unbranched alkanes of at least 4 members (excludes halogenated alkanes) is 10. The van der Waals surface area contributed by atoms with E-state index < -0.39 is 7.26 Å². The molecule has 2 heteroatoms. The highest BCUT2D eigenvalue weighted by Crippen LogP contribution is 2.55. The van der Waals surface area contributed by atoms with Crippen molar-refractivity contribution in [2.24, 2.45) is 0 Å². The highest BCUT2D eigenvalue weighted by Gasteiger charge is 2.44. The SMILES string of the molecule is CCCCCCCCCCCCC[P+](c1ccccc1)(c1ccccc1)c1ccccc1.[Br-]. The van der Waals surface area contributed by atoms with Gasteiger partial charge in [-0.1, -0.05) is 119 Å². The molecule has 0 aliphatic carbocycles. The lowest BCUT2D eigenvalue weighted by molar-refractivity contribution is -0.00000652. The van der Waals surface area contributed by atoms with Gasteiger partial charge in [-0.15, -0.1) is 0 Å². The van der Waals surface area contributed by atoms with Crippen LogP contribution in [0.25, 0.3) is 0 Å². The topological polar surface area (TPSA) is 0 Å². The third-order valence-corrected chi connectivity index (χ3v) is 11.2. The second kappa shape index (κ2) is 16.2. The summed E-state index contributed by atoms with van der Waals surface area (Å²) in [5, 5.41) is 4.55. The molecule has 0 aliphatic heterocycles. The Kier molecular flexibility index (Phi) is 13.7. The average molecular weight is 526 g/mol. The van der Waals surface area contributed by atoms with E-state index in [2.05, 4.69) is 97.9 Å². The summed E-state index contributed by atoms with van der Waals surface area (Å²) in [4.78, 5) is 0. The Morgan fingerprint density at radius 1 is 0.424 bits per heavy atom. The highest BCUT2D eigenvalue weighted by atomic mass is 79.9. The second-order valence-corrected chi connectivity index (χ2v) is 12.7. The Morgan fingerprint density at radius 3 is 1.06 bits per heavy atom. The standard InChI is InChI=1S/C31H42P.BrH/c1-2-3-4-5-6-7-8-9-10-11-21-28-32(29-22-15-12-16-23-29,30-24-17-13-18-25-30)31-26-19-14-20-27-31;/h12-20,22-27H,2-11,21,28H2,1H3;1H/q+1;/p-1. The van der Waals surface area contributed by atoms with E-state index in [1.165, 1.54) is 92.7 Å². The third-order valence-electron chi connectivity index (χ3n) is 6.69. The van der Waals surface area contributed by atoms with Crippen LogP contribution in [0.2, 0.25) is 0 Å². The van der Waals surface area contributed by atoms with Gasteiger partial charge in [0.15, 0.2) is 0 Å². The zero-order valence-corrected chi connectivity index (χ0v) is 23.0. The zero-order valence-electron chi connectivity index (χ0n) is 20.5. The molecule has 0 amide bonds. The minimum atomic E-state index is -1.63. The first kappa shape index (κ1) is 27.8. The molecule has 33 heavy (non-hydrogen) atoms. The second-order valence-electron chi connectivity index (χ2n) is 9.08. The Hall–Kier alpha value is -1.43. The van der Waals surface area contributed by atoms with Gasteiger partial charge in [0.2, 0.25) is 0 Å². The van der Waals surface area contributed by atoms with E-state index in [0.29, 0.717) is 0 Å². The predicted octanol–water partition coefficient (Wildman–Crippen LogP) is 5.30. The van der Waals surface area contributed by atoms with Crippen molar-refractivity contribution in [1.82, 2.24) is 0 Å². The van der Waals surface area contributed by atoms with Gasteiger partial charge in [-0.25, -0.2) is 0 Å². The van der Waals surface area contributed by atoms with Crippen LogP contribution < -0.4 is 32.9 Å². The van der Waals surface area contributed by atoms with Crippen LogP contribution in [0.4, 0.5) is 0 Å². The molecule has 0 spiro atoms. The predicted molar refractivity (Wildman–Crippen MR) is 146 cm³/mol. The Balaban J connectivity index is 0.00000385. The number of hydrogen-bond donors (Lipinski definition) is 0. The molecule has 3 rings (SSSR count). The van der Waals surface area contributed by atoms with Crippen LogP contribution in [0.15, 0.2) is 91.0 Å². The largest absolute Gasteiger partial charge is 1.00 e. The fourth-order valence-electron chi connectivity index (χ4n) is 4.90. The van der Waals surface area contributed by atoms with E-state index in [9.17, 15) is 0 Å². The number of rotatable bonds is 15. The van der Waals surface area contributed by atoms with E-state index in [0.717, 1.165) is 0 Å². The molecule has 0 saturated heterocycles. The quantitative estimate of drug-likeness (QED) is 0.187. The third kappa shape index (κ3) is 8.38. The molecule has 0 nitrogen and oxygen atoms in total. The van der Waals surface area contributed by atoms with Crippen LogP contribution in [0, 0.1) is 0 Å². The molecule has 3 aromatic carbocycles. The first-order chi connectivity index (χ1) is 15.9. The normalized spacial score (nSPS) is 11.2. The summed E-state index contributed by atoms with van der Waals surface area (Å²) in [5.41, 5.74) is 0. The van der Waals surface area contributed by atoms with Crippen LogP contribution in [0.1, 0.15) is 77.6 Å². The van der Waals surface area contributed by atoms with Crippen molar-refractivity contribution in [3.63, 3.8) is 0 Å². The van der Waals surface area contributed by atoms with E-state index >= 15 is 0 Å². The van der Waals surface area contributed by atoms with Crippen LogP contribution in [0.3, 0.4) is 0 Å². The van der Waals surface area contributed by atoms with Gasteiger partial charge >= 0.3 is 0 Å². The van der Waals surface area contributed by atoms with Crippen LogP contribution in [-0.4, -0.2) is 6.16 Å². The molecule has 0 fully saturated rings. The van der Waals surface area contributed by atoms with Gasteiger partial charge in [-0.3, -0.25) is 0 Å². The summed E-state index contributed by atoms with van der Waals surface area (Å²) < 4.78 is 0. The summed E-state index contributed by atoms with van der Waals surface area (Å²) in [6.45, 7) is 2.30. The molecule has 0 aliphatic rings. The average Bonchev–Trinajstić information content (AvgIpc) is 2.87. The van der Waals surface area contributed by atoms with Crippen molar-refractivity contribution < 1.29 is 17.0 Å². The van der Waals surface area contributed by atoms with Crippen molar-refractivity contribution in [3.05, 3.63) is 91.0 Å². The number of hydrogen-bond acceptors (Lipinski definition) is 0. The molecule has 0 N–H and O–H groups in total. The zero-order chi connectivity index (χ0) is 22.3. The number of benzene rings is 3. The van der Waals surface area contributed by atoms with Gasteiger partial charge in [0.25, 0.3) is 0 Å². The van der Waals surface area contributed by atoms with Gasteiger partial charge in [-0.2, -0.15) is 0 Å². The fourth-order valence-corrected chi connectivity index (χ4v) is 9.31.